The van der Waals surface area contributed by atoms with Crippen molar-refractivity contribution in [2.24, 2.45) is 0 Å². The molecule has 0 unspecified atom stereocenters. The van der Waals surface area contributed by atoms with Gasteiger partial charge in [0.25, 0.3) is 0 Å². The van der Waals surface area contributed by atoms with E-state index in [4.69, 9.17) is 13.6 Å². The van der Waals surface area contributed by atoms with E-state index in [0.717, 1.165) is 16.7 Å². The zero-order valence-electron chi connectivity index (χ0n) is 15.7. The number of hydrogen-bond acceptors (Lipinski definition) is 5. The maximum absolute atomic E-state index is 13.2. The lowest BCUT2D eigenvalue weighted by Gasteiger charge is -2.11. The summed E-state index contributed by atoms with van der Waals surface area (Å²) in [6.07, 6.45) is 1.47. The van der Waals surface area contributed by atoms with Crippen molar-refractivity contribution in [2.75, 3.05) is 0 Å². The van der Waals surface area contributed by atoms with Gasteiger partial charge in [0.1, 0.15) is 5.58 Å². The summed E-state index contributed by atoms with van der Waals surface area (Å²) in [5.74, 6) is -0.405. The Morgan fingerprint density at radius 1 is 0.929 bits per heavy atom. The van der Waals surface area contributed by atoms with Crippen molar-refractivity contribution in [3.63, 3.8) is 0 Å². The number of esters is 1. The predicted molar refractivity (Wildman–Crippen MR) is 106 cm³/mol. The second-order valence-electron chi connectivity index (χ2n) is 6.70. The number of benzene rings is 2. The normalized spacial score (nSPS) is 11.0. The van der Waals surface area contributed by atoms with Crippen molar-refractivity contribution >= 4 is 16.9 Å². The number of carbonyl (C=O) groups is 1. The Kier molecular flexibility index (Phi) is 4.35. The summed E-state index contributed by atoms with van der Waals surface area (Å²) >= 11 is 0. The predicted octanol–water partition coefficient (Wildman–Crippen LogP) is 5.20. The lowest BCUT2D eigenvalue weighted by atomic mass is 10.1. The highest BCUT2D eigenvalue weighted by Gasteiger charge is 2.23. The van der Waals surface area contributed by atoms with Gasteiger partial charge in [-0.3, -0.25) is 4.79 Å². The van der Waals surface area contributed by atoms with Crippen molar-refractivity contribution in [1.29, 1.82) is 0 Å². The average Bonchev–Trinajstić information content (AvgIpc) is 3.20. The molecule has 0 fully saturated rings. The van der Waals surface area contributed by atoms with Crippen molar-refractivity contribution in [1.82, 2.24) is 0 Å². The minimum Gasteiger partial charge on any atom is -0.461 e. The smallest absolute Gasteiger partial charge is 0.344 e. The number of hydrogen-bond donors (Lipinski definition) is 0. The van der Waals surface area contributed by atoms with Crippen molar-refractivity contribution in [2.45, 2.75) is 20.8 Å². The van der Waals surface area contributed by atoms with Crippen LogP contribution in [0.1, 0.15) is 27.0 Å². The Hall–Kier alpha value is -3.60. The molecule has 4 rings (SSSR count). The summed E-state index contributed by atoms with van der Waals surface area (Å²) in [6.45, 7) is 5.65. The molecule has 0 aliphatic carbocycles. The van der Waals surface area contributed by atoms with E-state index < -0.39 is 11.4 Å². The van der Waals surface area contributed by atoms with Crippen molar-refractivity contribution < 1.29 is 18.4 Å². The average molecular weight is 374 g/mol. The summed E-state index contributed by atoms with van der Waals surface area (Å²) in [7, 11) is 0. The van der Waals surface area contributed by atoms with Crippen LogP contribution in [0.15, 0.2) is 68.4 Å². The first-order valence-electron chi connectivity index (χ1n) is 8.85. The molecular weight excluding hydrogens is 356 g/mol. The lowest BCUT2D eigenvalue weighted by molar-refractivity contribution is 0.0730. The molecule has 2 aromatic heterocycles. The first kappa shape index (κ1) is 17.8. The second kappa shape index (κ2) is 6.85. The van der Waals surface area contributed by atoms with Gasteiger partial charge in [0.2, 0.25) is 16.9 Å². The van der Waals surface area contributed by atoms with E-state index in [-0.39, 0.29) is 11.5 Å². The van der Waals surface area contributed by atoms with Gasteiger partial charge in [-0.05, 0) is 67.8 Å². The van der Waals surface area contributed by atoms with E-state index in [1.807, 2.05) is 19.9 Å². The molecule has 0 saturated heterocycles. The van der Waals surface area contributed by atoms with Crippen LogP contribution in [0.4, 0.5) is 0 Å². The molecule has 0 aliphatic rings. The van der Waals surface area contributed by atoms with Crippen LogP contribution in [0.3, 0.4) is 0 Å². The molecule has 4 aromatic rings. The van der Waals surface area contributed by atoms with Gasteiger partial charge >= 0.3 is 5.97 Å². The standard InChI is InChI=1S/C23H18O5/c1-13-7-4-5-8-16(13)23(25)28-22-20(24)17-11-14(2)15(3)12-19(17)27-21(22)18-9-6-10-26-18/h4-12H,1-3H3. The number of carbonyl (C=O) groups excluding carboxylic acids is 1. The Morgan fingerprint density at radius 2 is 1.68 bits per heavy atom. The third-order valence-corrected chi connectivity index (χ3v) is 4.77. The van der Waals surface area contributed by atoms with Gasteiger partial charge in [0.05, 0.1) is 17.2 Å². The monoisotopic (exact) mass is 374 g/mol. The molecule has 2 aromatic carbocycles. The quantitative estimate of drug-likeness (QED) is 0.461. The number of ether oxygens (including phenoxy) is 1. The zero-order chi connectivity index (χ0) is 19.8. The SMILES string of the molecule is Cc1cc2oc(-c3ccco3)c(OC(=O)c3ccccc3C)c(=O)c2cc1C. The zero-order valence-corrected chi connectivity index (χ0v) is 15.7. The van der Waals surface area contributed by atoms with Crippen LogP contribution in [0.25, 0.3) is 22.5 Å². The van der Waals surface area contributed by atoms with Gasteiger partial charge < -0.3 is 13.6 Å². The van der Waals surface area contributed by atoms with Gasteiger partial charge in [-0.25, -0.2) is 4.79 Å². The number of aryl methyl sites for hydroxylation is 3. The van der Waals surface area contributed by atoms with Gasteiger partial charge in [-0.2, -0.15) is 0 Å². The highest BCUT2D eigenvalue weighted by molar-refractivity contribution is 5.94. The topological polar surface area (TPSA) is 69.7 Å². The molecule has 0 saturated carbocycles. The van der Waals surface area contributed by atoms with E-state index in [0.29, 0.717) is 22.3 Å². The third kappa shape index (κ3) is 3.01. The minimum atomic E-state index is -0.624. The van der Waals surface area contributed by atoms with E-state index >= 15 is 0 Å². The molecule has 0 atom stereocenters. The molecule has 0 amide bonds. The summed E-state index contributed by atoms with van der Waals surface area (Å²) in [5.41, 5.74) is 3.07. The molecule has 5 nitrogen and oxygen atoms in total. The maximum Gasteiger partial charge on any atom is 0.344 e. The molecule has 0 radical (unpaired) electrons. The Morgan fingerprint density at radius 3 is 2.39 bits per heavy atom. The van der Waals surface area contributed by atoms with Crippen LogP contribution in [0.5, 0.6) is 5.75 Å². The third-order valence-electron chi connectivity index (χ3n) is 4.77. The number of fused-ring (bicyclic) bond motifs is 1. The van der Waals surface area contributed by atoms with Crippen LogP contribution in [0.2, 0.25) is 0 Å². The maximum atomic E-state index is 13.2. The largest absolute Gasteiger partial charge is 0.461 e. The fourth-order valence-electron chi connectivity index (χ4n) is 3.05. The van der Waals surface area contributed by atoms with Crippen LogP contribution in [-0.4, -0.2) is 5.97 Å². The highest BCUT2D eigenvalue weighted by Crippen LogP contribution is 2.32. The van der Waals surface area contributed by atoms with E-state index in [2.05, 4.69) is 0 Å². The molecular formula is C23H18O5. The molecule has 0 bridgehead atoms. The number of rotatable bonds is 3. The Labute approximate surface area is 161 Å². The fraction of sp³-hybridized carbons (Fsp3) is 0.130. The minimum absolute atomic E-state index is 0.0905. The van der Waals surface area contributed by atoms with Crippen molar-refractivity contribution in [3.8, 4) is 17.3 Å². The highest BCUT2D eigenvalue weighted by atomic mass is 16.5. The van der Waals surface area contributed by atoms with Crippen molar-refractivity contribution in [3.05, 3.63) is 87.3 Å². The molecule has 0 spiro atoms. The van der Waals surface area contributed by atoms with Crippen LogP contribution >= 0.6 is 0 Å². The fourth-order valence-corrected chi connectivity index (χ4v) is 3.05. The summed E-state index contributed by atoms with van der Waals surface area (Å²) in [4.78, 5) is 25.9. The summed E-state index contributed by atoms with van der Waals surface area (Å²) in [6, 6.07) is 13.9. The van der Waals surface area contributed by atoms with E-state index in [1.165, 1.54) is 6.26 Å². The van der Waals surface area contributed by atoms with Gasteiger partial charge in [-0.15, -0.1) is 0 Å². The molecule has 5 heteroatoms. The first-order chi connectivity index (χ1) is 13.5. The van der Waals surface area contributed by atoms with E-state index in [1.54, 1.807) is 49.4 Å². The lowest BCUT2D eigenvalue weighted by Crippen LogP contribution is -2.17. The molecule has 28 heavy (non-hydrogen) atoms. The summed E-state index contributed by atoms with van der Waals surface area (Å²) < 4.78 is 16.9. The Bertz CT molecular complexity index is 1250. The van der Waals surface area contributed by atoms with Gasteiger partial charge in [-0.1, -0.05) is 18.2 Å². The molecule has 140 valence electrons. The van der Waals surface area contributed by atoms with Gasteiger partial charge in [0, 0.05) is 0 Å². The molecule has 0 aliphatic heterocycles. The van der Waals surface area contributed by atoms with E-state index in [9.17, 15) is 9.59 Å². The second-order valence-corrected chi connectivity index (χ2v) is 6.70. The Balaban J connectivity index is 1.93. The molecule has 0 N–H and O–H groups in total. The van der Waals surface area contributed by atoms with Crippen LogP contribution < -0.4 is 10.2 Å². The molecule has 2 heterocycles. The number of furan rings is 1. The van der Waals surface area contributed by atoms with Crippen LogP contribution in [-0.2, 0) is 0 Å². The van der Waals surface area contributed by atoms with Gasteiger partial charge in [0.15, 0.2) is 5.76 Å². The first-order valence-corrected chi connectivity index (χ1v) is 8.85. The van der Waals surface area contributed by atoms with Crippen LogP contribution in [0, 0.1) is 20.8 Å². The summed E-state index contributed by atoms with van der Waals surface area (Å²) in [5, 5.41) is 0.353.